The summed E-state index contributed by atoms with van der Waals surface area (Å²) in [6.07, 6.45) is 5.35. The van der Waals surface area contributed by atoms with Gasteiger partial charge in [0.1, 0.15) is 36.0 Å². The number of hydrogen-bond donors (Lipinski definition) is 6. The lowest BCUT2D eigenvalue weighted by Gasteiger charge is -2.31. The van der Waals surface area contributed by atoms with Crippen LogP contribution >= 0.6 is 0 Å². The van der Waals surface area contributed by atoms with Gasteiger partial charge in [-0.3, -0.25) is 4.79 Å². The predicted octanol–water partition coefficient (Wildman–Crippen LogP) is 3.86. The SMILES string of the molecule is COc1cc(-c2nn(C3CCN(CCF)CC3)c3ncnc(N)c23)ccc1NC(=O)c1cc2ccccc2n1C.O=C(O)/C=C\C(=O)O.O=C(O)/C=C\C(=O)O. The smallest absolute Gasteiger partial charge is 0.328 e. The third kappa shape index (κ3) is 10.7. The van der Waals surface area contributed by atoms with E-state index in [0.717, 1.165) is 42.4 Å². The van der Waals surface area contributed by atoms with Crippen LogP contribution < -0.4 is 15.8 Å². The molecule has 0 saturated carbocycles. The minimum Gasteiger partial charge on any atom is -0.495 e. The molecule has 1 aliphatic heterocycles. The van der Waals surface area contributed by atoms with E-state index in [2.05, 4.69) is 20.2 Å². The van der Waals surface area contributed by atoms with Crippen molar-refractivity contribution < 1.29 is 53.5 Å². The summed E-state index contributed by atoms with van der Waals surface area (Å²) in [6, 6.07) is 15.4. The number of carboxylic acid groups (broad SMARTS) is 4. The van der Waals surface area contributed by atoms with Crippen LogP contribution in [0.4, 0.5) is 15.9 Å². The number of amides is 1. The van der Waals surface area contributed by atoms with Gasteiger partial charge in [0.2, 0.25) is 0 Å². The van der Waals surface area contributed by atoms with E-state index < -0.39 is 23.9 Å². The van der Waals surface area contributed by atoms with E-state index in [-0.39, 0.29) is 18.6 Å². The number of piperidine rings is 1. The van der Waals surface area contributed by atoms with Crippen LogP contribution in [-0.2, 0) is 26.2 Å². The number of carbonyl (C=O) groups is 5. The van der Waals surface area contributed by atoms with E-state index in [1.807, 2.05) is 58.8 Å². The molecular weight excluding hydrogens is 735 g/mol. The van der Waals surface area contributed by atoms with Gasteiger partial charge in [-0.15, -0.1) is 0 Å². The molecular formula is C37H39FN8O10. The molecule has 1 amide bonds. The molecule has 0 bridgehead atoms. The topological polar surface area (TPSA) is 265 Å². The number of carboxylic acids is 4. The second-order valence-electron chi connectivity index (χ2n) is 12.0. The molecule has 2 aromatic carbocycles. The summed E-state index contributed by atoms with van der Waals surface area (Å²) in [5.74, 6) is -4.44. The number of likely N-dealkylation sites (tertiary alicyclic amines) is 1. The maximum atomic E-state index is 13.2. The number of fused-ring (bicyclic) bond motifs is 2. The molecule has 19 heteroatoms. The van der Waals surface area contributed by atoms with Crippen LogP contribution in [0.1, 0.15) is 29.4 Å². The van der Waals surface area contributed by atoms with Gasteiger partial charge >= 0.3 is 23.9 Å². The maximum absolute atomic E-state index is 13.2. The number of aromatic nitrogens is 5. The Morgan fingerprint density at radius 2 is 1.52 bits per heavy atom. The quantitative estimate of drug-likeness (QED) is 0.104. The molecule has 0 atom stereocenters. The number of alkyl halides is 1. The Labute approximate surface area is 317 Å². The summed E-state index contributed by atoms with van der Waals surface area (Å²) in [4.78, 5) is 62.3. The fraction of sp³-hybridized carbons (Fsp3) is 0.243. The van der Waals surface area contributed by atoms with E-state index in [0.29, 0.717) is 70.5 Å². The zero-order chi connectivity index (χ0) is 40.9. The lowest BCUT2D eigenvalue weighted by Crippen LogP contribution is -2.36. The number of hydrogen-bond acceptors (Lipinski definition) is 11. The van der Waals surface area contributed by atoms with Gasteiger partial charge in [0.15, 0.2) is 5.65 Å². The van der Waals surface area contributed by atoms with Crippen molar-refractivity contribution in [1.29, 1.82) is 0 Å². The van der Waals surface area contributed by atoms with Crippen LogP contribution in [0.25, 0.3) is 33.2 Å². The summed E-state index contributed by atoms with van der Waals surface area (Å²) < 4.78 is 22.3. The number of nitrogens with one attached hydrogen (secondary N) is 1. The number of rotatable bonds is 11. The summed E-state index contributed by atoms with van der Waals surface area (Å²) in [6.45, 7) is 1.70. The van der Waals surface area contributed by atoms with Crippen molar-refractivity contribution in [2.75, 3.05) is 44.5 Å². The van der Waals surface area contributed by atoms with Crippen LogP contribution in [0.2, 0.25) is 0 Å². The average Bonchev–Trinajstić information content (AvgIpc) is 3.73. The number of anilines is 2. The Morgan fingerprint density at radius 1 is 0.911 bits per heavy atom. The first-order valence-corrected chi connectivity index (χ1v) is 16.8. The van der Waals surface area contributed by atoms with Gasteiger partial charge in [0, 0.05) is 67.5 Å². The molecule has 5 aromatic rings. The highest BCUT2D eigenvalue weighted by atomic mass is 19.1. The predicted molar refractivity (Wildman–Crippen MR) is 202 cm³/mol. The summed E-state index contributed by atoms with van der Waals surface area (Å²) in [7, 11) is 3.43. The van der Waals surface area contributed by atoms with E-state index >= 15 is 0 Å². The van der Waals surface area contributed by atoms with Gasteiger partial charge in [0.25, 0.3) is 5.91 Å². The normalized spacial score (nSPS) is 13.2. The number of para-hydroxylation sites is 1. The van der Waals surface area contributed by atoms with Crippen LogP contribution in [0.15, 0.2) is 79.2 Å². The van der Waals surface area contributed by atoms with Gasteiger partial charge in [-0.2, -0.15) is 5.10 Å². The van der Waals surface area contributed by atoms with E-state index in [9.17, 15) is 28.4 Å². The Hall–Kier alpha value is -7.15. The molecule has 1 saturated heterocycles. The Bertz CT molecular complexity index is 2230. The van der Waals surface area contributed by atoms with Gasteiger partial charge in [0.05, 0.1) is 24.2 Å². The number of methoxy groups -OCH3 is 1. The van der Waals surface area contributed by atoms with Crippen LogP contribution in [-0.4, -0.2) is 113 Å². The number of nitrogens with two attached hydrogens (primary N) is 1. The molecule has 0 spiro atoms. The molecule has 0 aliphatic carbocycles. The molecule has 0 radical (unpaired) electrons. The lowest BCUT2D eigenvalue weighted by atomic mass is 10.1. The van der Waals surface area contributed by atoms with Gasteiger partial charge in [-0.1, -0.05) is 24.3 Å². The van der Waals surface area contributed by atoms with Crippen molar-refractivity contribution >= 4 is 63.2 Å². The fourth-order valence-electron chi connectivity index (χ4n) is 5.88. The van der Waals surface area contributed by atoms with Gasteiger partial charge < -0.3 is 45.7 Å². The largest absolute Gasteiger partial charge is 0.495 e. The number of nitrogens with zero attached hydrogens (tertiary/aromatic N) is 6. The number of aliphatic carboxylic acids is 4. The average molecular weight is 775 g/mol. The molecule has 3 aromatic heterocycles. The monoisotopic (exact) mass is 774 g/mol. The van der Waals surface area contributed by atoms with Crippen molar-refractivity contribution in [3.8, 4) is 17.0 Å². The van der Waals surface area contributed by atoms with Gasteiger partial charge in [-0.05, 0) is 37.1 Å². The molecule has 56 heavy (non-hydrogen) atoms. The third-order valence-electron chi connectivity index (χ3n) is 8.47. The molecule has 7 N–H and O–H groups in total. The molecule has 1 fully saturated rings. The minimum absolute atomic E-state index is 0.114. The highest BCUT2D eigenvalue weighted by Crippen LogP contribution is 2.37. The number of aryl methyl sites for hydroxylation is 1. The number of nitrogen functional groups attached to an aromatic ring is 1. The highest BCUT2D eigenvalue weighted by molar-refractivity contribution is 6.07. The molecule has 6 rings (SSSR count). The standard InChI is InChI=1S/C29H31FN8O2.2C4H4O4/c1-36-22-6-4-3-5-18(22)15-23(36)29(39)34-21-8-7-19(16-24(21)40-2)26-25-27(31)32-17-33-28(25)38(35-26)20-9-12-37(13-10-20)14-11-30;2*5-3(6)1-2-4(7)8/h3-8,15-17,20H,9-14H2,1-2H3,(H,34,39)(H2,31,32,33);2*1-2H,(H,5,6)(H,7,8)/b;2*2-1-. The highest BCUT2D eigenvalue weighted by Gasteiger charge is 2.26. The number of halogens is 1. The molecule has 18 nitrogen and oxygen atoms in total. The molecule has 0 unspecified atom stereocenters. The van der Waals surface area contributed by atoms with E-state index in [1.54, 1.807) is 13.2 Å². The zero-order valence-electron chi connectivity index (χ0n) is 30.2. The van der Waals surface area contributed by atoms with Crippen molar-refractivity contribution in [1.82, 2.24) is 29.2 Å². The molecule has 4 heterocycles. The Kier molecular flexibility index (Phi) is 14.3. The van der Waals surface area contributed by atoms with E-state index in [1.165, 1.54) is 6.33 Å². The summed E-state index contributed by atoms with van der Waals surface area (Å²) in [5, 5.41) is 40.9. The van der Waals surface area contributed by atoms with Crippen molar-refractivity contribution in [2.45, 2.75) is 18.9 Å². The van der Waals surface area contributed by atoms with Gasteiger partial charge in [-0.25, -0.2) is 38.2 Å². The summed E-state index contributed by atoms with van der Waals surface area (Å²) in [5.41, 5.74) is 10.5. The Balaban J connectivity index is 0.000000366. The first kappa shape index (κ1) is 41.6. The van der Waals surface area contributed by atoms with Crippen LogP contribution in [0.5, 0.6) is 5.75 Å². The third-order valence-corrected chi connectivity index (χ3v) is 8.47. The fourth-order valence-corrected chi connectivity index (χ4v) is 5.88. The molecule has 1 aliphatic rings. The van der Waals surface area contributed by atoms with Crippen LogP contribution in [0, 0.1) is 0 Å². The number of ether oxygens (including phenoxy) is 1. The minimum atomic E-state index is -1.26. The summed E-state index contributed by atoms with van der Waals surface area (Å²) >= 11 is 0. The first-order chi connectivity index (χ1) is 26.7. The Morgan fingerprint density at radius 3 is 2.07 bits per heavy atom. The van der Waals surface area contributed by atoms with E-state index in [4.69, 9.17) is 36.0 Å². The second-order valence-corrected chi connectivity index (χ2v) is 12.0. The lowest BCUT2D eigenvalue weighted by molar-refractivity contribution is -0.134. The first-order valence-electron chi connectivity index (χ1n) is 16.8. The van der Waals surface area contributed by atoms with Crippen molar-refractivity contribution in [2.24, 2.45) is 7.05 Å². The zero-order valence-corrected chi connectivity index (χ0v) is 30.2. The van der Waals surface area contributed by atoms with Crippen LogP contribution in [0.3, 0.4) is 0 Å². The maximum Gasteiger partial charge on any atom is 0.328 e. The second kappa shape index (κ2) is 19.3. The molecule has 294 valence electrons. The number of benzene rings is 2. The van der Waals surface area contributed by atoms with Crippen molar-refractivity contribution in [3.63, 3.8) is 0 Å². The number of carbonyl (C=O) groups excluding carboxylic acids is 1. The van der Waals surface area contributed by atoms with Crippen molar-refractivity contribution in [3.05, 3.63) is 84.9 Å².